The van der Waals surface area contributed by atoms with Crippen LogP contribution in [0.25, 0.3) is 0 Å². The molecular weight excluding hydrogens is 230 g/mol. The minimum absolute atomic E-state index is 0.147. The summed E-state index contributed by atoms with van der Waals surface area (Å²) < 4.78 is 5.41. The highest BCUT2D eigenvalue weighted by molar-refractivity contribution is 5.74. The minimum Gasteiger partial charge on any atom is -0.444 e. The summed E-state index contributed by atoms with van der Waals surface area (Å²) in [5, 5.41) is 0. The Kier molecular flexibility index (Phi) is 5.17. The lowest BCUT2D eigenvalue weighted by Gasteiger charge is -2.40. The van der Waals surface area contributed by atoms with Crippen LogP contribution in [0.3, 0.4) is 0 Å². The molecular formula is C14H25NO3. The second-order valence-corrected chi connectivity index (χ2v) is 5.96. The van der Waals surface area contributed by atoms with Crippen molar-refractivity contribution in [2.45, 2.75) is 77.5 Å². The molecule has 0 bridgehead atoms. The van der Waals surface area contributed by atoms with Crippen molar-refractivity contribution in [1.29, 1.82) is 0 Å². The molecule has 18 heavy (non-hydrogen) atoms. The lowest BCUT2D eigenvalue weighted by Crippen LogP contribution is -2.52. The third-order valence-electron chi connectivity index (χ3n) is 3.17. The van der Waals surface area contributed by atoms with E-state index >= 15 is 0 Å². The second-order valence-electron chi connectivity index (χ2n) is 5.96. The number of nitrogens with zero attached hydrogens (tertiary/aromatic N) is 1. The molecule has 1 amide bonds. The molecule has 0 aromatic carbocycles. The van der Waals surface area contributed by atoms with Crippen LogP contribution in [0, 0.1) is 0 Å². The standard InChI is InChI=1S/C14H25NO3/c1-5-7-11-8-6-9-12(10-16)15(11)13(17)18-14(2,3)4/h10-12H,5-9H2,1-4H3/t11-,12+/m1/s1. The minimum atomic E-state index is -0.515. The summed E-state index contributed by atoms with van der Waals surface area (Å²) >= 11 is 0. The van der Waals surface area contributed by atoms with Crippen LogP contribution < -0.4 is 0 Å². The molecule has 4 nitrogen and oxygen atoms in total. The molecule has 1 heterocycles. The fourth-order valence-electron chi connectivity index (χ4n) is 2.46. The maximum Gasteiger partial charge on any atom is 0.411 e. The average Bonchev–Trinajstić information content (AvgIpc) is 2.26. The molecule has 0 spiro atoms. The average molecular weight is 255 g/mol. The van der Waals surface area contributed by atoms with Crippen molar-refractivity contribution >= 4 is 12.4 Å². The van der Waals surface area contributed by atoms with Gasteiger partial charge in [-0.1, -0.05) is 13.3 Å². The van der Waals surface area contributed by atoms with Crippen molar-refractivity contribution in [3.63, 3.8) is 0 Å². The van der Waals surface area contributed by atoms with E-state index in [9.17, 15) is 9.59 Å². The number of hydrogen-bond donors (Lipinski definition) is 0. The summed E-state index contributed by atoms with van der Waals surface area (Å²) in [7, 11) is 0. The molecule has 0 N–H and O–H groups in total. The monoisotopic (exact) mass is 255 g/mol. The van der Waals surface area contributed by atoms with Gasteiger partial charge in [0, 0.05) is 6.04 Å². The fraction of sp³-hybridized carbons (Fsp3) is 0.857. The van der Waals surface area contributed by atoms with E-state index in [2.05, 4.69) is 6.92 Å². The van der Waals surface area contributed by atoms with Crippen LogP contribution in [0.1, 0.15) is 59.8 Å². The zero-order valence-electron chi connectivity index (χ0n) is 11.9. The van der Waals surface area contributed by atoms with Gasteiger partial charge in [-0.05, 0) is 46.5 Å². The van der Waals surface area contributed by atoms with E-state index in [4.69, 9.17) is 4.74 Å². The van der Waals surface area contributed by atoms with Gasteiger partial charge < -0.3 is 9.53 Å². The summed E-state index contributed by atoms with van der Waals surface area (Å²) in [6.07, 6.45) is 5.20. The van der Waals surface area contributed by atoms with Gasteiger partial charge in [0.1, 0.15) is 11.9 Å². The van der Waals surface area contributed by atoms with Crippen LogP contribution in [-0.4, -0.2) is 35.0 Å². The van der Waals surface area contributed by atoms with Crippen molar-refractivity contribution in [2.75, 3.05) is 0 Å². The Balaban J connectivity index is 2.81. The third-order valence-corrected chi connectivity index (χ3v) is 3.17. The number of likely N-dealkylation sites (tertiary alicyclic amines) is 1. The summed E-state index contributed by atoms with van der Waals surface area (Å²) in [5.41, 5.74) is -0.515. The van der Waals surface area contributed by atoms with Gasteiger partial charge in [0.15, 0.2) is 0 Å². The molecule has 0 saturated carbocycles. The highest BCUT2D eigenvalue weighted by atomic mass is 16.6. The van der Waals surface area contributed by atoms with Gasteiger partial charge in [0.25, 0.3) is 0 Å². The van der Waals surface area contributed by atoms with Crippen molar-refractivity contribution in [2.24, 2.45) is 0 Å². The van der Waals surface area contributed by atoms with E-state index in [0.29, 0.717) is 0 Å². The van der Waals surface area contributed by atoms with Crippen molar-refractivity contribution in [1.82, 2.24) is 4.90 Å². The maximum atomic E-state index is 12.2. The number of carbonyl (C=O) groups excluding carboxylic acids is 2. The first-order valence-electron chi connectivity index (χ1n) is 6.85. The molecule has 0 aliphatic carbocycles. The first-order valence-corrected chi connectivity index (χ1v) is 6.85. The van der Waals surface area contributed by atoms with E-state index in [0.717, 1.165) is 38.4 Å². The quantitative estimate of drug-likeness (QED) is 0.728. The largest absolute Gasteiger partial charge is 0.444 e. The summed E-state index contributed by atoms with van der Waals surface area (Å²) in [6.45, 7) is 7.64. The number of carbonyl (C=O) groups is 2. The van der Waals surface area contributed by atoms with Gasteiger partial charge in [-0.15, -0.1) is 0 Å². The number of amides is 1. The molecule has 0 radical (unpaired) electrons. The molecule has 2 atom stereocenters. The lowest BCUT2D eigenvalue weighted by atomic mass is 9.94. The highest BCUT2D eigenvalue weighted by Gasteiger charge is 2.36. The number of hydrogen-bond acceptors (Lipinski definition) is 3. The number of aldehydes is 1. The molecule has 1 aliphatic rings. The highest BCUT2D eigenvalue weighted by Crippen LogP contribution is 2.27. The van der Waals surface area contributed by atoms with Crippen molar-refractivity contribution < 1.29 is 14.3 Å². The summed E-state index contributed by atoms with van der Waals surface area (Å²) in [6, 6.07) is -0.168. The Morgan fingerprint density at radius 3 is 2.56 bits per heavy atom. The van der Waals surface area contributed by atoms with Gasteiger partial charge in [-0.2, -0.15) is 0 Å². The molecule has 0 aromatic rings. The Bertz CT molecular complexity index is 294. The first-order chi connectivity index (χ1) is 8.39. The summed E-state index contributed by atoms with van der Waals surface area (Å²) in [4.78, 5) is 25.0. The number of ether oxygens (including phenoxy) is 1. The zero-order chi connectivity index (χ0) is 13.8. The van der Waals surface area contributed by atoms with Crippen LogP contribution in [0.2, 0.25) is 0 Å². The topological polar surface area (TPSA) is 46.6 Å². The second kappa shape index (κ2) is 6.21. The van der Waals surface area contributed by atoms with Crippen LogP contribution in [0.15, 0.2) is 0 Å². The van der Waals surface area contributed by atoms with Gasteiger partial charge >= 0.3 is 6.09 Å². The van der Waals surface area contributed by atoms with Gasteiger partial charge in [0.2, 0.25) is 0 Å². The van der Waals surface area contributed by atoms with Gasteiger partial charge in [-0.3, -0.25) is 4.90 Å². The van der Waals surface area contributed by atoms with E-state index in [1.54, 1.807) is 4.90 Å². The number of piperidine rings is 1. The molecule has 1 fully saturated rings. The van der Waals surface area contributed by atoms with Crippen LogP contribution in [0.4, 0.5) is 4.79 Å². The van der Waals surface area contributed by atoms with E-state index in [1.165, 1.54) is 0 Å². The van der Waals surface area contributed by atoms with E-state index in [1.807, 2.05) is 20.8 Å². The fourth-order valence-corrected chi connectivity index (χ4v) is 2.46. The van der Waals surface area contributed by atoms with E-state index in [-0.39, 0.29) is 18.2 Å². The Hall–Kier alpha value is -1.06. The van der Waals surface area contributed by atoms with Gasteiger partial charge in [0.05, 0.1) is 6.04 Å². The third kappa shape index (κ3) is 4.00. The SMILES string of the molecule is CCC[C@@H]1CCC[C@@H](C=O)N1C(=O)OC(C)(C)C. The number of rotatable bonds is 3. The van der Waals surface area contributed by atoms with Crippen molar-refractivity contribution in [3.05, 3.63) is 0 Å². The predicted molar refractivity (Wildman–Crippen MR) is 70.5 cm³/mol. The van der Waals surface area contributed by atoms with E-state index < -0.39 is 5.60 Å². The Morgan fingerprint density at radius 2 is 2.06 bits per heavy atom. The van der Waals surface area contributed by atoms with Crippen molar-refractivity contribution in [3.8, 4) is 0 Å². The van der Waals surface area contributed by atoms with Crippen LogP contribution >= 0.6 is 0 Å². The molecule has 0 aromatic heterocycles. The van der Waals surface area contributed by atoms with Gasteiger partial charge in [-0.25, -0.2) is 4.79 Å². The zero-order valence-corrected chi connectivity index (χ0v) is 11.9. The molecule has 1 rings (SSSR count). The summed E-state index contributed by atoms with van der Waals surface area (Å²) in [5.74, 6) is 0. The smallest absolute Gasteiger partial charge is 0.411 e. The Morgan fingerprint density at radius 1 is 1.39 bits per heavy atom. The molecule has 0 unspecified atom stereocenters. The molecule has 1 saturated heterocycles. The first kappa shape index (κ1) is 15.0. The predicted octanol–water partition coefficient (Wildman–Crippen LogP) is 3.14. The molecule has 4 heteroatoms. The molecule has 104 valence electrons. The Labute approximate surface area is 110 Å². The van der Waals surface area contributed by atoms with Crippen LogP contribution in [-0.2, 0) is 9.53 Å². The molecule has 1 aliphatic heterocycles. The lowest BCUT2D eigenvalue weighted by molar-refractivity contribution is -0.114. The maximum absolute atomic E-state index is 12.2. The van der Waals surface area contributed by atoms with Crippen LogP contribution in [0.5, 0.6) is 0 Å². The normalized spacial score (nSPS) is 24.8.